The summed E-state index contributed by atoms with van der Waals surface area (Å²) in [7, 11) is 0. The molecule has 0 aliphatic carbocycles. The standard InChI is InChI=1S/C22H17ClN2O2S/c23-19-12-5-4-11-18(19)21(27)24-16-8-6-7-15(13-16)22-25(20(26)14-28-22)17-9-2-1-3-10-17/h1-13,22H,14H2,(H,24,27). The van der Waals surface area contributed by atoms with E-state index in [1.165, 1.54) is 0 Å². The molecule has 4 nitrogen and oxygen atoms in total. The monoisotopic (exact) mass is 408 g/mol. The molecule has 140 valence electrons. The number of halogens is 1. The lowest BCUT2D eigenvalue weighted by atomic mass is 10.1. The first-order chi connectivity index (χ1) is 13.6. The van der Waals surface area contributed by atoms with Gasteiger partial charge in [-0.1, -0.05) is 54.1 Å². The van der Waals surface area contributed by atoms with E-state index in [9.17, 15) is 9.59 Å². The van der Waals surface area contributed by atoms with E-state index in [2.05, 4.69) is 5.32 Å². The average molecular weight is 409 g/mol. The zero-order valence-electron chi connectivity index (χ0n) is 14.8. The maximum Gasteiger partial charge on any atom is 0.257 e. The highest BCUT2D eigenvalue weighted by Gasteiger charge is 2.34. The number of benzene rings is 3. The Morgan fingerprint density at radius 3 is 2.54 bits per heavy atom. The van der Waals surface area contributed by atoms with Crippen molar-refractivity contribution < 1.29 is 9.59 Å². The molecular formula is C22H17ClN2O2S. The molecule has 1 unspecified atom stereocenters. The van der Waals surface area contributed by atoms with Gasteiger partial charge in [-0.25, -0.2) is 0 Å². The number of nitrogens with zero attached hydrogens (tertiary/aromatic N) is 1. The van der Waals surface area contributed by atoms with E-state index in [1.807, 2.05) is 54.6 Å². The first kappa shape index (κ1) is 18.6. The van der Waals surface area contributed by atoms with Crippen molar-refractivity contribution in [3.05, 3.63) is 95.0 Å². The Morgan fingerprint density at radius 2 is 1.75 bits per heavy atom. The summed E-state index contributed by atoms with van der Waals surface area (Å²) in [4.78, 5) is 26.8. The highest BCUT2D eigenvalue weighted by Crippen LogP contribution is 2.42. The van der Waals surface area contributed by atoms with E-state index in [1.54, 1.807) is 40.9 Å². The summed E-state index contributed by atoms with van der Waals surface area (Å²) in [6, 6.07) is 24.1. The summed E-state index contributed by atoms with van der Waals surface area (Å²) in [5.74, 6) is 0.236. The number of rotatable bonds is 4. The van der Waals surface area contributed by atoms with E-state index >= 15 is 0 Å². The topological polar surface area (TPSA) is 49.4 Å². The van der Waals surface area contributed by atoms with E-state index in [0.29, 0.717) is 22.0 Å². The van der Waals surface area contributed by atoms with Crippen LogP contribution in [0.25, 0.3) is 0 Å². The second-order valence-electron chi connectivity index (χ2n) is 6.32. The third-order valence-corrected chi connectivity index (χ3v) is 5.99. The first-order valence-corrected chi connectivity index (χ1v) is 10.2. The Hall–Kier alpha value is -2.76. The minimum atomic E-state index is -0.266. The molecule has 4 rings (SSSR count). The number of anilines is 2. The Bertz CT molecular complexity index is 1030. The van der Waals surface area contributed by atoms with Gasteiger partial charge in [0.15, 0.2) is 0 Å². The number of thioether (sulfide) groups is 1. The van der Waals surface area contributed by atoms with Crippen molar-refractivity contribution in [1.29, 1.82) is 0 Å². The third kappa shape index (κ3) is 3.77. The number of hydrogen-bond donors (Lipinski definition) is 1. The van der Waals surface area contributed by atoms with Crippen LogP contribution in [-0.4, -0.2) is 17.6 Å². The van der Waals surface area contributed by atoms with Gasteiger partial charge in [0.05, 0.1) is 16.3 Å². The van der Waals surface area contributed by atoms with E-state index < -0.39 is 0 Å². The van der Waals surface area contributed by atoms with Crippen LogP contribution in [0.1, 0.15) is 21.3 Å². The smallest absolute Gasteiger partial charge is 0.257 e. The molecule has 0 spiro atoms. The normalized spacial score (nSPS) is 16.2. The largest absolute Gasteiger partial charge is 0.322 e. The summed E-state index contributed by atoms with van der Waals surface area (Å²) in [6.07, 6.45) is 0. The fraction of sp³-hybridized carbons (Fsp3) is 0.0909. The molecule has 1 aliphatic heterocycles. The highest BCUT2D eigenvalue weighted by atomic mass is 35.5. The van der Waals surface area contributed by atoms with Crippen molar-refractivity contribution in [3.8, 4) is 0 Å². The molecular weight excluding hydrogens is 392 g/mol. The van der Waals surface area contributed by atoms with Crippen LogP contribution < -0.4 is 10.2 Å². The number of nitrogens with one attached hydrogen (secondary N) is 1. The fourth-order valence-corrected chi connectivity index (χ4v) is 4.54. The SMILES string of the molecule is O=C(Nc1cccc(C2SCC(=O)N2c2ccccc2)c1)c1ccccc1Cl. The lowest BCUT2D eigenvalue weighted by Crippen LogP contribution is -2.27. The Kier molecular flexibility index (Phi) is 5.37. The highest BCUT2D eigenvalue weighted by molar-refractivity contribution is 8.00. The molecule has 1 atom stereocenters. The van der Waals surface area contributed by atoms with Crippen molar-refractivity contribution in [2.75, 3.05) is 16.0 Å². The summed E-state index contributed by atoms with van der Waals surface area (Å²) < 4.78 is 0. The maximum atomic E-state index is 12.5. The van der Waals surface area contributed by atoms with Crippen molar-refractivity contribution in [1.82, 2.24) is 0 Å². The van der Waals surface area contributed by atoms with Crippen LogP contribution >= 0.6 is 23.4 Å². The minimum Gasteiger partial charge on any atom is -0.322 e. The van der Waals surface area contributed by atoms with Crippen molar-refractivity contribution in [2.24, 2.45) is 0 Å². The van der Waals surface area contributed by atoms with Crippen LogP contribution in [-0.2, 0) is 4.79 Å². The number of carbonyl (C=O) groups excluding carboxylic acids is 2. The van der Waals surface area contributed by atoms with Crippen LogP contribution in [0.2, 0.25) is 5.02 Å². The molecule has 0 saturated carbocycles. The predicted molar refractivity (Wildman–Crippen MR) is 115 cm³/mol. The van der Waals surface area contributed by atoms with Crippen LogP contribution in [0.15, 0.2) is 78.9 Å². The minimum absolute atomic E-state index is 0.0757. The molecule has 0 bridgehead atoms. The van der Waals surface area contributed by atoms with Crippen LogP contribution in [0, 0.1) is 0 Å². The van der Waals surface area contributed by atoms with E-state index in [0.717, 1.165) is 11.3 Å². The molecule has 3 aromatic carbocycles. The van der Waals surface area contributed by atoms with E-state index in [-0.39, 0.29) is 17.2 Å². The maximum absolute atomic E-state index is 12.5. The molecule has 28 heavy (non-hydrogen) atoms. The van der Waals surface area contributed by atoms with Crippen LogP contribution in [0.3, 0.4) is 0 Å². The molecule has 1 saturated heterocycles. The van der Waals surface area contributed by atoms with Gasteiger partial charge in [-0.2, -0.15) is 0 Å². The molecule has 3 aromatic rings. The lowest BCUT2D eigenvalue weighted by Gasteiger charge is -2.24. The Labute approximate surface area is 172 Å². The molecule has 1 N–H and O–H groups in total. The molecule has 1 heterocycles. The van der Waals surface area contributed by atoms with Crippen molar-refractivity contribution >= 4 is 46.6 Å². The summed E-state index contributed by atoms with van der Waals surface area (Å²) in [5.41, 5.74) is 2.91. The second kappa shape index (κ2) is 8.09. The molecule has 0 radical (unpaired) electrons. The lowest BCUT2D eigenvalue weighted by molar-refractivity contribution is -0.115. The number of amides is 2. The number of carbonyl (C=O) groups is 2. The average Bonchev–Trinajstić information content (AvgIpc) is 3.10. The van der Waals surface area contributed by atoms with Crippen LogP contribution in [0.4, 0.5) is 11.4 Å². The molecule has 0 aromatic heterocycles. The van der Waals surface area contributed by atoms with Crippen molar-refractivity contribution in [2.45, 2.75) is 5.37 Å². The molecule has 6 heteroatoms. The molecule has 1 fully saturated rings. The molecule has 1 aliphatic rings. The van der Waals surface area contributed by atoms with Gasteiger partial charge in [-0.05, 0) is 42.0 Å². The third-order valence-electron chi connectivity index (χ3n) is 4.45. The fourth-order valence-electron chi connectivity index (χ4n) is 3.15. The van der Waals surface area contributed by atoms with Gasteiger partial charge >= 0.3 is 0 Å². The van der Waals surface area contributed by atoms with Crippen LogP contribution in [0.5, 0.6) is 0 Å². The number of hydrogen-bond acceptors (Lipinski definition) is 3. The first-order valence-electron chi connectivity index (χ1n) is 8.78. The Balaban J connectivity index is 1.59. The zero-order valence-corrected chi connectivity index (χ0v) is 16.4. The van der Waals surface area contributed by atoms with Gasteiger partial charge in [0.2, 0.25) is 5.91 Å². The van der Waals surface area contributed by atoms with Gasteiger partial charge < -0.3 is 5.32 Å². The van der Waals surface area contributed by atoms with Gasteiger partial charge in [0.25, 0.3) is 5.91 Å². The summed E-state index contributed by atoms with van der Waals surface area (Å²) >= 11 is 7.69. The quantitative estimate of drug-likeness (QED) is 0.631. The van der Waals surface area contributed by atoms with E-state index in [4.69, 9.17) is 11.6 Å². The zero-order chi connectivity index (χ0) is 19.5. The van der Waals surface area contributed by atoms with Gasteiger partial charge in [-0.15, -0.1) is 11.8 Å². The van der Waals surface area contributed by atoms with Gasteiger partial charge in [0, 0.05) is 11.4 Å². The number of para-hydroxylation sites is 1. The summed E-state index contributed by atoms with van der Waals surface area (Å²) in [6.45, 7) is 0. The summed E-state index contributed by atoms with van der Waals surface area (Å²) in [5, 5.41) is 3.17. The molecule has 2 amide bonds. The van der Waals surface area contributed by atoms with Gasteiger partial charge in [0.1, 0.15) is 5.37 Å². The van der Waals surface area contributed by atoms with Crippen molar-refractivity contribution in [3.63, 3.8) is 0 Å². The van der Waals surface area contributed by atoms with Gasteiger partial charge in [-0.3, -0.25) is 14.5 Å². The predicted octanol–water partition coefficient (Wildman–Crippen LogP) is 5.37. The second-order valence-corrected chi connectivity index (χ2v) is 7.80. The Morgan fingerprint density at radius 1 is 1.00 bits per heavy atom.